The summed E-state index contributed by atoms with van der Waals surface area (Å²) in [5.41, 5.74) is 2.78. The average molecular weight is 450 g/mol. The summed E-state index contributed by atoms with van der Waals surface area (Å²) in [4.78, 5) is 28.9. The van der Waals surface area contributed by atoms with E-state index < -0.39 is 17.7 Å². The zero-order valence-corrected chi connectivity index (χ0v) is 19.0. The molecule has 0 radical (unpaired) electrons. The molecule has 0 bridgehead atoms. The van der Waals surface area contributed by atoms with Gasteiger partial charge in [-0.15, -0.1) is 11.3 Å². The van der Waals surface area contributed by atoms with Gasteiger partial charge in [-0.25, -0.2) is 0 Å². The normalized spacial score (nSPS) is 17.6. The molecule has 1 aliphatic rings. The number of Topliss-reactive ketones (excluding diaryl/α,β-unsaturated/α-hetero) is 1. The number of amides is 1. The molecule has 4 rings (SSSR count). The summed E-state index contributed by atoms with van der Waals surface area (Å²) in [5.74, 6) is -0.806. The van der Waals surface area contributed by atoms with Gasteiger partial charge in [-0.3, -0.25) is 14.5 Å². The van der Waals surface area contributed by atoms with E-state index in [0.717, 1.165) is 16.0 Å². The van der Waals surface area contributed by atoms with Crippen LogP contribution in [0.1, 0.15) is 27.6 Å². The molecule has 0 saturated carbocycles. The van der Waals surface area contributed by atoms with Crippen LogP contribution >= 0.6 is 11.3 Å². The predicted octanol–water partition coefficient (Wildman–Crippen LogP) is 5.01. The number of aliphatic hydroxyl groups excluding tert-OH is 1. The third kappa shape index (κ3) is 3.44. The minimum absolute atomic E-state index is 0.0345. The van der Waals surface area contributed by atoms with E-state index in [1.165, 1.54) is 30.5 Å². The van der Waals surface area contributed by atoms with Crippen molar-refractivity contribution in [2.75, 3.05) is 19.1 Å². The van der Waals surface area contributed by atoms with Gasteiger partial charge < -0.3 is 14.6 Å². The van der Waals surface area contributed by atoms with Crippen LogP contribution in [0.2, 0.25) is 0 Å². The highest BCUT2D eigenvalue weighted by atomic mass is 32.1. The van der Waals surface area contributed by atoms with E-state index in [9.17, 15) is 14.7 Å². The van der Waals surface area contributed by atoms with Gasteiger partial charge in [0.1, 0.15) is 23.3 Å². The SMILES string of the molecule is COc1ccc(/C(O)=C2\C(=O)C(=O)N(c3ccccc3C)C2c2sccc2C)c(OC)c1. The van der Waals surface area contributed by atoms with Gasteiger partial charge in [0.25, 0.3) is 11.7 Å². The van der Waals surface area contributed by atoms with Gasteiger partial charge in [-0.2, -0.15) is 0 Å². The molecule has 0 spiro atoms. The third-order valence-corrected chi connectivity index (χ3v) is 6.70. The fraction of sp³-hybridized carbons (Fsp3) is 0.200. The molecule has 32 heavy (non-hydrogen) atoms. The van der Waals surface area contributed by atoms with Gasteiger partial charge >= 0.3 is 0 Å². The van der Waals surface area contributed by atoms with Gasteiger partial charge in [-0.1, -0.05) is 18.2 Å². The lowest BCUT2D eigenvalue weighted by Crippen LogP contribution is -2.30. The van der Waals surface area contributed by atoms with E-state index in [4.69, 9.17) is 9.47 Å². The molecule has 164 valence electrons. The summed E-state index contributed by atoms with van der Waals surface area (Å²) < 4.78 is 10.7. The molecule has 1 unspecified atom stereocenters. The molecule has 1 saturated heterocycles. The smallest absolute Gasteiger partial charge is 0.300 e. The second-order valence-electron chi connectivity index (χ2n) is 7.49. The number of hydrogen-bond donors (Lipinski definition) is 1. The molecular weight excluding hydrogens is 426 g/mol. The first-order valence-corrected chi connectivity index (χ1v) is 10.9. The van der Waals surface area contributed by atoms with E-state index in [0.29, 0.717) is 22.7 Å². The molecule has 1 amide bonds. The third-order valence-electron chi connectivity index (χ3n) is 5.63. The molecule has 2 heterocycles. The topological polar surface area (TPSA) is 76.1 Å². The lowest BCUT2D eigenvalue weighted by Gasteiger charge is -2.26. The number of carbonyl (C=O) groups is 2. The number of aryl methyl sites for hydroxylation is 2. The molecule has 1 aromatic heterocycles. The van der Waals surface area contributed by atoms with E-state index in [1.807, 2.05) is 49.6 Å². The second kappa shape index (κ2) is 8.51. The van der Waals surface area contributed by atoms with Crippen molar-refractivity contribution in [1.29, 1.82) is 0 Å². The Bertz CT molecular complexity index is 1240. The fourth-order valence-corrected chi connectivity index (χ4v) is 4.99. The van der Waals surface area contributed by atoms with Gasteiger partial charge in [-0.05, 0) is 54.6 Å². The Hall–Kier alpha value is -3.58. The van der Waals surface area contributed by atoms with Crippen molar-refractivity contribution in [2.24, 2.45) is 0 Å². The lowest BCUT2D eigenvalue weighted by atomic mass is 9.97. The lowest BCUT2D eigenvalue weighted by molar-refractivity contribution is -0.132. The van der Waals surface area contributed by atoms with Crippen molar-refractivity contribution in [3.63, 3.8) is 0 Å². The number of hydrogen-bond acceptors (Lipinski definition) is 6. The number of methoxy groups -OCH3 is 2. The van der Waals surface area contributed by atoms with Crippen LogP contribution in [-0.2, 0) is 9.59 Å². The maximum atomic E-state index is 13.3. The van der Waals surface area contributed by atoms with Crippen LogP contribution in [0.3, 0.4) is 0 Å². The minimum Gasteiger partial charge on any atom is -0.507 e. The standard InChI is InChI=1S/C25H23NO5S/c1-14-7-5-6-8-18(14)26-21(24-15(2)11-12-32-24)20(23(28)25(26)29)22(27)17-10-9-16(30-3)13-19(17)31-4/h5-13,21,27H,1-4H3/b22-20+. The molecule has 7 heteroatoms. The number of ether oxygens (including phenoxy) is 2. The van der Waals surface area contributed by atoms with Gasteiger partial charge in [0.2, 0.25) is 0 Å². The average Bonchev–Trinajstić information content (AvgIpc) is 3.33. The van der Waals surface area contributed by atoms with Crippen LogP contribution in [0.5, 0.6) is 11.5 Å². The van der Waals surface area contributed by atoms with Gasteiger partial charge in [0.15, 0.2) is 0 Å². The second-order valence-corrected chi connectivity index (χ2v) is 8.44. The summed E-state index contributed by atoms with van der Waals surface area (Å²) in [7, 11) is 3.00. The van der Waals surface area contributed by atoms with Crippen LogP contribution < -0.4 is 14.4 Å². The summed E-state index contributed by atoms with van der Waals surface area (Å²) in [6.45, 7) is 3.82. The van der Waals surface area contributed by atoms with Crippen LogP contribution in [0.25, 0.3) is 5.76 Å². The molecule has 1 N–H and O–H groups in total. The predicted molar refractivity (Wildman–Crippen MR) is 125 cm³/mol. The van der Waals surface area contributed by atoms with Crippen molar-refractivity contribution in [3.8, 4) is 11.5 Å². The molecule has 6 nitrogen and oxygen atoms in total. The number of carbonyl (C=O) groups excluding carboxylic acids is 2. The van der Waals surface area contributed by atoms with Crippen molar-refractivity contribution < 1.29 is 24.2 Å². The van der Waals surface area contributed by atoms with Crippen LogP contribution in [0, 0.1) is 13.8 Å². The number of nitrogens with zero attached hydrogens (tertiary/aromatic N) is 1. The van der Waals surface area contributed by atoms with Crippen LogP contribution in [-0.4, -0.2) is 31.0 Å². The van der Waals surface area contributed by atoms with Crippen molar-refractivity contribution in [1.82, 2.24) is 0 Å². The highest BCUT2D eigenvalue weighted by Gasteiger charge is 2.48. The fourth-order valence-electron chi connectivity index (χ4n) is 3.97. The first-order chi connectivity index (χ1) is 15.4. The Morgan fingerprint density at radius 1 is 1.00 bits per heavy atom. The Morgan fingerprint density at radius 2 is 1.75 bits per heavy atom. The first kappa shape index (κ1) is 21.6. The summed E-state index contributed by atoms with van der Waals surface area (Å²) in [6, 6.07) is 13.5. The number of aliphatic hydroxyl groups is 1. The summed E-state index contributed by atoms with van der Waals surface area (Å²) >= 11 is 1.44. The number of ketones is 1. The molecule has 2 aromatic carbocycles. The van der Waals surface area contributed by atoms with E-state index in [2.05, 4.69) is 0 Å². The minimum atomic E-state index is -0.747. The number of rotatable bonds is 5. The van der Waals surface area contributed by atoms with Gasteiger partial charge in [0.05, 0.1) is 25.4 Å². The monoisotopic (exact) mass is 449 g/mol. The zero-order chi connectivity index (χ0) is 23.0. The van der Waals surface area contributed by atoms with Crippen molar-refractivity contribution in [2.45, 2.75) is 19.9 Å². The Balaban J connectivity index is 1.99. The van der Waals surface area contributed by atoms with Crippen LogP contribution in [0.15, 0.2) is 59.5 Å². The van der Waals surface area contributed by atoms with Gasteiger partial charge in [0, 0.05) is 16.6 Å². The molecular formula is C25H23NO5S. The highest BCUT2D eigenvalue weighted by Crippen LogP contribution is 2.46. The van der Waals surface area contributed by atoms with E-state index in [1.54, 1.807) is 18.2 Å². The summed E-state index contributed by atoms with van der Waals surface area (Å²) in [6.07, 6.45) is 0. The van der Waals surface area contributed by atoms with Crippen molar-refractivity contribution >= 4 is 34.5 Å². The molecule has 3 aromatic rings. The van der Waals surface area contributed by atoms with Crippen LogP contribution in [0.4, 0.5) is 5.69 Å². The number of benzene rings is 2. The maximum absolute atomic E-state index is 13.3. The Morgan fingerprint density at radius 3 is 2.38 bits per heavy atom. The maximum Gasteiger partial charge on any atom is 0.300 e. The van der Waals surface area contributed by atoms with E-state index >= 15 is 0 Å². The quantitative estimate of drug-likeness (QED) is 0.337. The van der Waals surface area contributed by atoms with Crippen molar-refractivity contribution in [3.05, 3.63) is 81.1 Å². The zero-order valence-electron chi connectivity index (χ0n) is 18.2. The molecule has 1 fully saturated rings. The largest absolute Gasteiger partial charge is 0.507 e. The number of para-hydroxylation sites is 1. The Labute approximate surface area is 190 Å². The molecule has 0 aliphatic carbocycles. The molecule has 1 aliphatic heterocycles. The number of anilines is 1. The first-order valence-electron chi connectivity index (χ1n) is 10.0. The Kier molecular flexibility index (Phi) is 5.76. The number of thiophene rings is 1. The summed E-state index contributed by atoms with van der Waals surface area (Å²) in [5, 5.41) is 13.3. The molecule has 1 atom stereocenters. The highest BCUT2D eigenvalue weighted by molar-refractivity contribution is 7.10. The van der Waals surface area contributed by atoms with E-state index in [-0.39, 0.29) is 11.3 Å².